The first-order valence-corrected chi connectivity index (χ1v) is 8.82. The van der Waals surface area contributed by atoms with Crippen LogP contribution >= 0.6 is 22.7 Å². The van der Waals surface area contributed by atoms with Crippen molar-refractivity contribution in [1.29, 1.82) is 0 Å². The summed E-state index contributed by atoms with van der Waals surface area (Å²) in [6.07, 6.45) is 0.129. The number of carbonyl (C=O) groups excluding carboxylic acids is 1. The van der Waals surface area contributed by atoms with Crippen LogP contribution in [0.2, 0.25) is 0 Å². The Hall–Kier alpha value is -2.58. The van der Waals surface area contributed by atoms with Gasteiger partial charge in [-0.2, -0.15) is 0 Å². The van der Waals surface area contributed by atoms with E-state index in [1.807, 2.05) is 22.9 Å². The molecule has 1 amide bonds. The van der Waals surface area contributed by atoms with Gasteiger partial charge in [0.15, 0.2) is 0 Å². The third kappa shape index (κ3) is 3.66. The van der Waals surface area contributed by atoms with Crippen LogP contribution in [0.3, 0.4) is 0 Å². The van der Waals surface area contributed by atoms with Crippen molar-refractivity contribution in [3.8, 4) is 9.88 Å². The van der Waals surface area contributed by atoms with E-state index in [0.717, 1.165) is 9.88 Å². The van der Waals surface area contributed by atoms with Crippen LogP contribution in [0.5, 0.6) is 0 Å². The molecule has 0 saturated carbocycles. The van der Waals surface area contributed by atoms with E-state index in [9.17, 15) is 14.9 Å². The summed E-state index contributed by atoms with van der Waals surface area (Å²) in [6.45, 7) is 1.66. The van der Waals surface area contributed by atoms with Crippen molar-refractivity contribution in [2.45, 2.75) is 13.3 Å². The van der Waals surface area contributed by atoms with Crippen molar-refractivity contribution in [1.82, 2.24) is 4.98 Å². The summed E-state index contributed by atoms with van der Waals surface area (Å²) in [5, 5.41) is 18.4. The van der Waals surface area contributed by atoms with E-state index in [1.54, 1.807) is 30.4 Å². The number of anilines is 1. The minimum atomic E-state index is -0.460. The Balaban J connectivity index is 1.68. The molecule has 6 nitrogen and oxygen atoms in total. The number of benzene rings is 1. The molecule has 8 heteroatoms. The summed E-state index contributed by atoms with van der Waals surface area (Å²) in [4.78, 5) is 28.1. The molecule has 0 bridgehead atoms. The number of thiophene rings is 1. The summed E-state index contributed by atoms with van der Waals surface area (Å²) in [7, 11) is 0. The predicted octanol–water partition coefficient (Wildman–Crippen LogP) is 4.27. The van der Waals surface area contributed by atoms with Crippen LogP contribution in [0, 0.1) is 17.0 Å². The molecule has 24 heavy (non-hydrogen) atoms. The van der Waals surface area contributed by atoms with Crippen LogP contribution < -0.4 is 5.32 Å². The molecule has 0 spiro atoms. The van der Waals surface area contributed by atoms with Crippen molar-refractivity contribution in [2.75, 3.05) is 5.32 Å². The van der Waals surface area contributed by atoms with E-state index >= 15 is 0 Å². The Labute approximate surface area is 146 Å². The van der Waals surface area contributed by atoms with Gasteiger partial charge in [-0.3, -0.25) is 14.9 Å². The lowest BCUT2D eigenvalue weighted by atomic mass is 10.2. The van der Waals surface area contributed by atoms with Gasteiger partial charge in [-0.1, -0.05) is 12.1 Å². The number of aromatic nitrogens is 1. The molecule has 0 aliphatic carbocycles. The average Bonchev–Trinajstić information content (AvgIpc) is 3.19. The van der Waals surface area contributed by atoms with E-state index in [4.69, 9.17) is 0 Å². The molecular formula is C16H13N3O3S2. The smallest absolute Gasteiger partial charge is 0.274 e. The summed E-state index contributed by atoms with van der Waals surface area (Å²) < 4.78 is 0. The summed E-state index contributed by atoms with van der Waals surface area (Å²) in [5.41, 5.74) is 1.63. The van der Waals surface area contributed by atoms with Gasteiger partial charge in [0, 0.05) is 22.7 Å². The highest BCUT2D eigenvalue weighted by molar-refractivity contribution is 7.20. The zero-order valence-electron chi connectivity index (χ0n) is 12.7. The number of amides is 1. The Morgan fingerprint density at radius 2 is 2.17 bits per heavy atom. The lowest BCUT2D eigenvalue weighted by Gasteiger charge is -2.05. The van der Waals surface area contributed by atoms with Crippen molar-refractivity contribution < 1.29 is 9.72 Å². The van der Waals surface area contributed by atoms with Crippen LogP contribution in [-0.2, 0) is 11.2 Å². The van der Waals surface area contributed by atoms with Crippen molar-refractivity contribution in [2.24, 2.45) is 0 Å². The quantitative estimate of drug-likeness (QED) is 0.544. The molecule has 122 valence electrons. The Morgan fingerprint density at radius 3 is 2.88 bits per heavy atom. The molecule has 1 aromatic carbocycles. The molecule has 0 radical (unpaired) electrons. The highest BCUT2D eigenvalue weighted by Crippen LogP contribution is 2.28. The van der Waals surface area contributed by atoms with E-state index in [1.165, 1.54) is 17.4 Å². The van der Waals surface area contributed by atoms with Gasteiger partial charge in [0.25, 0.3) is 5.69 Å². The fourth-order valence-electron chi connectivity index (χ4n) is 2.16. The standard InChI is InChI=1S/C16H13N3O3S2/c1-10-4-5-11(7-13(10)19(21)22)17-15(20)8-12-9-24-16(18-12)14-3-2-6-23-14/h2-7,9H,8H2,1H3,(H,17,20). The second-order valence-electron chi connectivity index (χ2n) is 5.10. The van der Waals surface area contributed by atoms with Crippen LogP contribution in [0.25, 0.3) is 9.88 Å². The normalized spacial score (nSPS) is 10.5. The van der Waals surface area contributed by atoms with Gasteiger partial charge in [-0.15, -0.1) is 22.7 Å². The zero-order chi connectivity index (χ0) is 17.1. The number of hydrogen-bond acceptors (Lipinski definition) is 6. The summed E-state index contributed by atoms with van der Waals surface area (Å²) >= 11 is 3.09. The minimum absolute atomic E-state index is 0.0126. The van der Waals surface area contributed by atoms with Crippen molar-refractivity contribution in [3.05, 3.63) is 62.5 Å². The van der Waals surface area contributed by atoms with E-state index < -0.39 is 4.92 Å². The molecule has 0 unspecified atom stereocenters. The molecule has 1 N–H and O–H groups in total. The molecule has 2 heterocycles. The first-order valence-electron chi connectivity index (χ1n) is 7.06. The Bertz CT molecular complexity index is 888. The van der Waals surface area contributed by atoms with Crippen molar-refractivity contribution >= 4 is 40.0 Å². The number of rotatable bonds is 5. The SMILES string of the molecule is Cc1ccc(NC(=O)Cc2csc(-c3cccs3)n2)cc1[N+](=O)[O-]. The summed E-state index contributed by atoms with van der Waals surface area (Å²) in [6, 6.07) is 8.58. The number of hydrogen-bond donors (Lipinski definition) is 1. The van der Waals surface area contributed by atoms with Crippen LogP contribution in [0.15, 0.2) is 41.1 Å². The second-order valence-corrected chi connectivity index (χ2v) is 6.91. The fraction of sp³-hybridized carbons (Fsp3) is 0.125. The van der Waals surface area contributed by atoms with Gasteiger partial charge in [-0.05, 0) is 24.4 Å². The van der Waals surface area contributed by atoms with Crippen LogP contribution in [0.4, 0.5) is 11.4 Å². The Kier molecular flexibility index (Phi) is 4.68. The van der Waals surface area contributed by atoms with Crippen LogP contribution in [0.1, 0.15) is 11.3 Å². The van der Waals surface area contributed by atoms with Gasteiger partial charge in [0.2, 0.25) is 5.91 Å². The van der Waals surface area contributed by atoms with Gasteiger partial charge in [-0.25, -0.2) is 4.98 Å². The third-order valence-corrected chi connectivity index (χ3v) is 5.25. The minimum Gasteiger partial charge on any atom is -0.325 e. The molecule has 0 saturated heterocycles. The monoisotopic (exact) mass is 359 g/mol. The first kappa shape index (κ1) is 16.3. The Morgan fingerprint density at radius 1 is 1.33 bits per heavy atom. The third-order valence-electron chi connectivity index (χ3n) is 3.31. The van der Waals surface area contributed by atoms with E-state index in [0.29, 0.717) is 16.9 Å². The fourth-order valence-corrected chi connectivity index (χ4v) is 3.79. The molecule has 0 aliphatic rings. The predicted molar refractivity (Wildman–Crippen MR) is 95.6 cm³/mol. The molecule has 3 aromatic rings. The maximum absolute atomic E-state index is 12.1. The molecule has 0 aliphatic heterocycles. The second kappa shape index (κ2) is 6.90. The lowest BCUT2D eigenvalue weighted by Crippen LogP contribution is -2.14. The van der Waals surface area contributed by atoms with E-state index in [-0.39, 0.29) is 18.0 Å². The van der Waals surface area contributed by atoms with Gasteiger partial charge >= 0.3 is 0 Å². The number of nitro groups is 1. The highest BCUT2D eigenvalue weighted by Gasteiger charge is 2.14. The average molecular weight is 359 g/mol. The van der Waals surface area contributed by atoms with Crippen molar-refractivity contribution in [3.63, 3.8) is 0 Å². The lowest BCUT2D eigenvalue weighted by molar-refractivity contribution is -0.385. The number of nitrogens with zero attached hydrogens (tertiary/aromatic N) is 2. The number of carbonyl (C=O) groups is 1. The maximum atomic E-state index is 12.1. The number of aryl methyl sites for hydroxylation is 1. The molecule has 3 rings (SSSR count). The maximum Gasteiger partial charge on any atom is 0.274 e. The van der Waals surface area contributed by atoms with E-state index in [2.05, 4.69) is 10.3 Å². The molecular weight excluding hydrogens is 346 g/mol. The highest BCUT2D eigenvalue weighted by atomic mass is 32.1. The number of nitrogens with one attached hydrogen (secondary N) is 1. The molecule has 0 fully saturated rings. The first-order chi connectivity index (χ1) is 11.5. The summed E-state index contributed by atoms with van der Waals surface area (Å²) in [5.74, 6) is -0.254. The molecule has 0 atom stereocenters. The molecule has 2 aromatic heterocycles. The van der Waals surface area contributed by atoms with Gasteiger partial charge in [0.1, 0.15) is 5.01 Å². The number of thiazole rings is 1. The zero-order valence-corrected chi connectivity index (χ0v) is 14.3. The van der Waals surface area contributed by atoms with Crippen LogP contribution in [-0.4, -0.2) is 15.8 Å². The van der Waals surface area contributed by atoms with Gasteiger partial charge in [0.05, 0.1) is 21.9 Å². The van der Waals surface area contributed by atoms with Gasteiger partial charge < -0.3 is 5.32 Å². The largest absolute Gasteiger partial charge is 0.325 e. The number of nitro benzene ring substituents is 1. The topological polar surface area (TPSA) is 85.1 Å².